The third kappa shape index (κ3) is 5.92. The molecular weight excluding hydrogens is 422 g/mol. The Bertz CT molecular complexity index is 1160. The summed E-state index contributed by atoms with van der Waals surface area (Å²) in [6, 6.07) is 21.0. The summed E-state index contributed by atoms with van der Waals surface area (Å²) in [5.41, 5.74) is 2.72. The molecule has 1 N–H and O–H groups in total. The number of carbonyl (C=O) groups is 1. The molecule has 4 rings (SSSR count). The van der Waals surface area contributed by atoms with Gasteiger partial charge in [-0.05, 0) is 42.8 Å². The highest BCUT2D eigenvalue weighted by molar-refractivity contribution is 7.13. The topological polar surface area (TPSA) is 73.3 Å². The maximum Gasteiger partial charge on any atom is 0.226 e. The number of thiazole rings is 1. The SMILES string of the molecule is CCOc1ccc(Oc2cc(CNC(=O)Cc3csc(-c4ccccc4)n3)ccn2)cc1. The van der Waals surface area contributed by atoms with Crippen LogP contribution < -0.4 is 14.8 Å². The highest BCUT2D eigenvalue weighted by Crippen LogP contribution is 2.24. The summed E-state index contributed by atoms with van der Waals surface area (Å²) in [5, 5.41) is 5.78. The molecule has 0 spiro atoms. The fourth-order valence-corrected chi connectivity index (χ4v) is 3.86. The first kappa shape index (κ1) is 21.5. The maximum atomic E-state index is 12.4. The van der Waals surface area contributed by atoms with E-state index in [0.29, 0.717) is 24.8 Å². The molecule has 2 heterocycles. The highest BCUT2D eigenvalue weighted by Gasteiger charge is 2.09. The average molecular weight is 446 g/mol. The van der Waals surface area contributed by atoms with E-state index in [-0.39, 0.29) is 12.3 Å². The second-order valence-electron chi connectivity index (χ2n) is 6.97. The molecule has 0 aliphatic rings. The fraction of sp³-hybridized carbons (Fsp3) is 0.160. The largest absolute Gasteiger partial charge is 0.494 e. The zero-order valence-electron chi connectivity index (χ0n) is 17.7. The molecule has 6 nitrogen and oxygen atoms in total. The van der Waals surface area contributed by atoms with Crippen molar-refractivity contribution < 1.29 is 14.3 Å². The van der Waals surface area contributed by atoms with Crippen LogP contribution in [-0.2, 0) is 17.8 Å². The molecule has 32 heavy (non-hydrogen) atoms. The van der Waals surface area contributed by atoms with Gasteiger partial charge in [0.15, 0.2) is 0 Å². The van der Waals surface area contributed by atoms with E-state index in [1.807, 2.05) is 79.0 Å². The maximum absolute atomic E-state index is 12.4. The molecule has 0 radical (unpaired) electrons. The Morgan fingerprint density at radius 1 is 1.03 bits per heavy atom. The van der Waals surface area contributed by atoms with Crippen LogP contribution in [0, 0.1) is 0 Å². The summed E-state index contributed by atoms with van der Waals surface area (Å²) in [6.45, 7) is 2.94. The number of nitrogens with one attached hydrogen (secondary N) is 1. The van der Waals surface area contributed by atoms with Gasteiger partial charge in [-0.2, -0.15) is 0 Å². The normalized spacial score (nSPS) is 10.5. The number of aromatic nitrogens is 2. The molecule has 0 saturated heterocycles. The van der Waals surface area contributed by atoms with Crippen LogP contribution >= 0.6 is 11.3 Å². The molecule has 2 aromatic carbocycles. The monoisotopic (exact) mass is 445 g/mol. The quantitative estimate of drug-likeness (QED) is 0.381. The molecular formula is C25H23N3O3S. The van der Waals surface area contributed by atoms with Crippen molar-refractivity contribution in [3.05, 3.63) is 89.6 Å². The Labute approximate surface area is 190 Å². The lowest BCUT2D eigenvalue weighted by Gasteiger charge is -2.09. The van der Waals surface area contributed by atoms with Gasteiger partial charge in [0.2, 0.25) is 11.8 Å². The number of hydrogen-bond donors (Lipinski definition) is 1. The van der Waals surface area contributed by atoms with E-state index in [2.05, 4.69) is 15.3 Å². The van der Waals surface area contributed by atoms with Gasteiger partial charge in [0.05, 0.1) is 18.7 Å². The third-order valence-electron chi connectivity index (χ3n) is 4.56. The van der Waals surface area contributed by atoms with E-state index in [0.717, 1.165) is 27.6 Å². The summed E-state index contributed by atoms with van der Waals surface area (Å²) in [4.78, 5) is 21.2. The van der Waals surface area contributed by atoms with Crippen LogP contribution in [0.15, 0.2) is 78.3 Å². The van der Waals surface area contributed by atoms with Crippen LogP contribution in [-0.4, -0.2) is 22.5 Å². The number of carbonyl (C=O) groups excluding carboxylic acids is 1. The molecule has 0 aliphatic heterocycles. The molecule has 0 atom stereocenters. The molecule has 4 aromatic rings. The summed E-state index contributed by atoms with van der Waals surface area (Å²) in [5.74, 6) is 1.84. The van der Waals surface area contributed by atoms with Gasteiger partial charge in [-0.1, -0.05) is 30.3 Å². The molecule has 1 amide bonds. The third-order valence-corrected chi connectivity index (χ3v) is 5.50. The van der Waals surface area contributed by atoms with Gasteiger partial charge in [-0.25, -0.2) is 9.97 Å². The molecule has 162 valence electrons. The van der Waals surface area contributed by atoms with E-state index < -0.39 is 0 Å². The summed E-state index contributed by atoms with van der Waals surface area (Å²) in [7, 11) is 0. The van der Waals surface area contributed by atoms with Crippen molar-refractivity contribution in [2.24, 2.45) is 0 Å². The standard InChI is InChI=1S/C25H23N3O3S/c1-2-30-21-8-10-22(11-9-21)31-24-14-18(12-13-26-24)16-27-23(29)15-20-17-32-25(28-20)19-6-4-3-5-7-19/h3-14,17H,2,15-16H2,1H3,(H,27,29). The van der Waals surface area contributed by atoms with Crippen molar-refractivity contribution >= 4 is 17.2 Å². The van der Waals surface area contributed by atoms with Crippen molar-refractivity contribution in [1.82, 2.24) is 15.3 Å². The van der Waals surface area contributed by atoms with Crippen molar-refractivity contribution in [2.45, 2.75) is 19.9 Å². The van der Waals surface area contributed by atoms with Crippen LogP contribution in [0.2, 0.25) is 0 Å². The van der Waals surface area contributed by atoms with Crippen LogP contribution in [0.25, 0.3) is 10.6 Å². The van der Waals surface area contributed by atoms with Gasteiger partial charge >= 0.3 is 0 Å². The van der Waals surface area contributed by atoms with Gasteiger partial charge in [0.25, 0.3) is 0 Å². The number of pyridine rings is 1. The number of hydrogen-bond acceptors (Lipinski definition) is 6. The summed E-state index contributed by atoms with van der Waals surface area (Å²) in [6.07, 6.45) is 1.90. The first-order valence-electron chi connectivity index (χ1n) is 10.3. The van der Waals surface area contributed by atoms with Crippen molar-refractivity contribution in [1.29, 1.82) is 0 Å². The van der Waals surface area contributed by atoms with E-state index in [9.17, 15) is 4.79 Å². The summed E-state index contributed by atoms with van der Waals surface area (Å²) < 4.78 is 11.2. The van der Waals surface area contributed by atoms with Crippen LogP contribution in [0.5, 0.6) is 17.4 Å². The lowest BCUT2D eigenvalue weighted by molar-refractivity contribution is -0.120. The van der Waals surface area contributed by atoms with Crippen molar-refractivity contribution in [3.8, 4) is 28.0 Å². The lowest BCUT2D eigenvalue weighted by atomic mass is 10.2. The lowest BCUT2D eigenvalue weighted by Crippen LogP contribution is -2.24. The molecule has 7 heteroatoms. The highest BCUT2D eigenvalue weighted by atomic mass is 32.1. The van der Waals surface area contributed by atoms with Gasteiger partial charge in [0.1, 0.15) is 16.5 Å². The molecule has 2 aromatic heterocycles. The Morgan fingerprint density at radius 2 is 1.81 bits per heavy atom. The van der Waals surface area contributed by atoms with Gasteiger partial charge in [-0.15, -0.1) is 11.3 Å². The van der Waals surface area contributed by atoms with Gasteiger partial charge in [0, 0.05) is 29.8 Å². The Balaban J connectivity index is 1.30. The van der Waals surface area contributed by atoms with Gasteiger partial charge in [-0.3, -0.25) is 4.79 Å². The van der Waals surface area contributed by atoms with E-state index in [1.54, 1.807) is 17.5 Å². The van der Waals surface area contributed by atoms with Crippen LogP contribution in [0.4, 0.5) is 0 Å². The predicted octanol–water partition coefficient (Wildman–Crippen LogP) is 5.26. The molecule has 0 aliphatic carbocycles. The zero-order chi connectivity index (χ0) is 22.2. The minimum atomic E-state index is -0.0827. The van der Waals surface area contributed by atoms with Crippen molar-refractivity contribution in [3.63, 3.8) is 0 Å². The number of ether oxygens (including phenoxy) is 2. The number of amides is 1. The molecule has 0 fully saturated rings. The smallest absolute Gasteiger partial charge is 0.226 e. The second-order valence-corrected chi connectivity index (χ2v) is 7.83. The summed E-state index contributed by atoms with van der Waals surface area (Å²) >= 11 is 1.54. The predicted molar refractivity (Wildman–Crippen MR) is 125 cm³/mol. The first-order valence-corrected chi connectivity index (χ1v) is 11.2. The number of benzene rings is 2. The molecule has 0 unspecified atom stereocenters. The van der Waals surface area contributed by atoms with E-state index in [1.165, 1.54) is 0 Å². The van der Waals surface area contributed by atoms with Crippen molar-refractivity contribution in [2.75, 3.05) is 6.61 Å². The minimum absolute atomic E-state index is 0.0827. The Hall–Kier alpha value is -3.71. The number of rotatable bonds is 9. The van der Waals surface area contributed by atoms with E-state index >= 15 is 0 Å². The second kappa shape index (κ2) is 10.5. The number of nitrogens with zero attached hydrogens (tertiary/aromatic N) is 2. The zero-order valence-corrected chi connectivity index (χ0v) is 18.5. The van der Waals surface area contributed by atoms with Gasteiger partial charge < -0.3 is 14.8 Å². The molecule has 0 bridgehead atoms. The van der Waals surface area contributed by atoms with E-state index in [4.69, 9.17) is 9.47 Å². The van der Waals surface area contributed by atoms with Crippen LogP contribution in [0.1, 0.15) is 18.2 Å². The minimum Gasteiger partial charge on any atom is -0.494 e. The van der Waals surface area contributed by atoms with Crippen LogP contribution in [0.3, 0.4) is 0 Å². The molecule has 0 saturated carbocycles. The Kier molecular flexibility index (Phi) is 7.09. The average Bonchev–Trinajstić information content (AvgIpc) is 3.28. The Morgan fingerprint density at radius 3 is 2.59 bits per heavy atom. The fourth-order valence-electron chi connectivity index (χ4n) is 3.04. The first-order chi connectivity index (χ1) is 15.7.